The number of aromatic nitrogens is 1. The lowest BCUT2D eigenvalue weighted by Crippen LogP contribution is -2.16. The van der Waals surface area contributed by atoms with Crippen molar-refractivity contribution in [2.75, 3.05) is 24.4 Å². The van der Waals surface area contributed by atoms with Gasteiger partial charge in [-0.1, -0.05) is 0 Å². The number of hydrogen-bond acceptors (Lipinski definition) is 4. The third-order valence-corrected chi connectivity index (χ3v) is 2.77. The van der Waals surface area contributed by atoms with Gasteiger partial charge in [-0.2, -0.15) is 11.8 Å². The minimum atomic E-state index is 0.457. The van der Waals surface area contributed by atoms with Crippen molar-refractivity contribution < 1.29 is 4.74 Å². The Bertz CT molecular complexity index is 276. The predicted molar refractivity (Wildman–Crippen MR) is 66.9 cm³/mol. The first-order valence-corrected chi connectivity index (χ1v) is 6.41. The summed E-state index contributed by atoms with van der Waals surface area (Å²) in [5.74, 6) is 2.87. The monoisotopic (exact) mass is 226 g/mol. The molecule has 0 spiro atoms. The number of rotatable bonds is 6. The zero-order chi connectivity index (χ0) is 11.1. The van der Waals surface area contributed by atoms with Gasteiger partial charge in [-0.25, -0.2) is 4.98 Å². The van der Waals surface area contributed by atoms with Crippen molar-refractivity contribution in [1.82, 2.24) is 4.98 Å². The fourth-order valence-electron chi connectivity index (χ4n) is 1.21. The van der Waals surface area contributed by atoms with Crippen LogP contribution in [0.1, 0.15) is 13.3 Å². The number of nitrogens with one attached hydrogen (secondary N) is 1. The Hall–Kier alpha value is -0.900. The average molecular weight is 226 g/mol. The van der Waals surface area contributed by atoms with E-state index in [1.165, 1.54) is 5.75 Å². The highest BCUT2D eigenvalue weighted by Crippen LogP contribution is 2.13. The SMILES string of the molecule is COc1ccc(NC(C)CCSC)nc1. The highest BCUT2D eigenvalue weighted by Gasteiger charge is 2.02. The third kappa shape index (κ3) is 4.42. The molecule has 0 fully saturated rings. The summed E-state index contributed by atoms with van der Waals surface area (Å²) < 4.78 is 5.05. The molecule has 0 aliphatic heterocycles. The molecule has 0 bridgehead atoms. The lowest BCUT2D eigenvalue weighted by molar-refractivity contribution is 0.413. The summed E-state index contributed by atoms with van der Waals surface area (Å²) in [4.78, 5) is 4.25. The smallest absolute Gasteiger partial charge is 0.137 e. The Balaban J connectivity index is 2.42. The molecule has 1 heterocycles. The van der Waals surface area contributed by atoms with Gasteiger partial charge in [-0.3, -0.25) is 0 Å². The molecule has 1 atom stereocenters. The van der Waals surface area contributed by atoms with E-state index >= 15 is 0 Å². The molecular weight excluding hydrogens is 208 g/mol. The first-order valence-electron chi connectivity index (χ1n) is 5.01. The van der Waals surface area contributed by atoms with Gasteiger partial charge in [0.1, 0.15) is 11.6 Å². The molecule has 0 amide bonds. The Kier molecular flexibility index (Phi) is 5.32. The first kappa shape index (κ1) is 12.2. The predicted octanol–water partition coefficient (Wildman–Crippen LogP) is 2.64. The van der Waals surface area contributed by atoms with E-state index in [0.717, 1.165) is 18.0 Å². The molecule has 0 aliphatic rings. The van der Waals surface area contributed by atoms with E-state index in [1.807, 2.05) is 23.9 Å². The summed E-state index contributed by atoms with van der Waals surface area (Å²) in [6.07, 6.45) is 5.00. The van der Waals surface area contributed by atoms with E-state index in [4.69, 9.17) is 4.74 Å². The quantitative estimate of drug-likeness (QED) is 0.808. The van der Waals surface area contributed by atoms with E-state index in [0.29, 0.717) is 6.04 Å². The summed E-state index contributed by atoms with van der Waals surface area (Å²) in [6.45, 7) is 2.17. The van der Waals surface area contributed by atoms with Crippen molar-refractivity contribution >= 4 is 17.6 Å². The van der Waals surface area contributed by atoms with E-state index in [-0.39, 0.29) is 0 Å². The Morgan fingerprint density at radius 2 is 2.33 bits per heavy atom. The Labute approximate surface area is 95.6 Å². The van der Waals surface area contributed by atoms with E-state index in [2.05, 4.69) is 23.5 Å². The summed E-state index contributed by atoms with van der Waals surface area (Å²) in [6, 6.07) is 4.31. The molecule has 4 heteroatoms. The summed E-state index contributed by atoms with van der Waals surface area (Å²) in [5, 5.41) is 3.35. The Morgan fingerprint density at radius 1 is 1.53 bits per heavy atom. The van der Waals surface area contributed by atoms with E-state index in [1.54, 1.807) is 13.3 Å². The lowest BCUT2D eigenvalue weighted by atomic mass is 10.2. The van der Waals surface area contributed by atoms with Crippen molar-refractivity contribution in [3.8, 4) is 5.75 Å². The maximum Gasteiger partial charge on any atom is 0.137 e. The first-order chi connectivity index (χ1) is 7.26. The van der Waals surface area contributed by atoms with Gasteiger partial charge in [-0.05, 0) is 37.5 Å². The molecule has 1 aromatic heterocycles. The van der Waals surface area contributed by atoms with Crippen molar-refractivity contribution in [3.05, 3.63) is 18.3 Å². The number of nitrogens with zero attached hydrogens (tertiary/aromatic N) is 1. The van der Waals surface area contributed by atoms with Crippen molar-refractivity contribution in [3.63, 3.8) is 0 Å². The molecule has 0 aliphatic carbocycles. The van der Waals surface area contributed by atoms with Gasteiger partial charge in [0.25, 0.3) is 0 Å². The molecule has 1 N–H and O–H groups in total. The number of hydrogen-bond donors (Lipinski definition) is 1. The van der Waals surface area contributed by atoms with Gasteiger partial charge in [0.05, 0.1) is 13.3 Å². The fourth-order valence-corrected chi connectivity index (χ4v) is 1.79. The Morgan fingerprint density at radius 3 is 2.87 bits per heavy atom. The summed E-state index contributed by atoms with van der Waals surface area (Å²) >= 11 is 1.87. The molecule has 84 valence electrons. The molecule has 1 unspecified atom stereocenters. The summed E-state index contributed by atoms with van der Waals surface area (Å²) in [5.41, 5.74) is 0. The average Bonchev–Trinajstić information content (AvgIpc) is 2.27. The highest BCUT2D eigenvalue weighted by molar-refractivity contribution is 7.98. The second-order valence-electron chi connectivity index (χ2n) is 3.41. The maximum absolute atomic E-state index is 5.05. The zero-order valence-electron chi connectivity index (χ0n) is 9.49. The van der Waals surface area contributed by atoms with Crippen LogP contribution >= 0.6 is 11.8 Å². The van der Waals surface area contributed by atoms with Gasteiger partial charge in [0.15, 0.2) is 0 Å². The highest BCUT2D eigenvalue weighted by atomic mass is 32.2. The molecule has 0 radical (unpaired) electrons. The zero-order valence-corrected chi connectivity index (χ0v) is 10.3. The van der Waals surface area contributed by atoms with E-state index < -0.39 is 0 Å². The topological polar surface area (TPSA) is 34.1 Å². The van der Waals surface area contributed by atoms with Crippen molar-refractivity contribution in [2.24, 2.45) is 0 Å². The van der Waals surface area contributed by atoms with Crippen LogP contribution in [0, 0.1) is 0 Å². The fraction of sp³-hybridized carbons (Fsp3) is 0.545. The number of anilines is 1. The second-order valence-corrected chi connectivity index (χ2v) is 4.40. The maximum atomic E-state index is 5.05. The lowest BCUT2D eigenvalue weighted by Gasteiger charge is -2.13. The van der Waals surface area contributed by atoms with Crippen LogP contribution in [0.2, 0.25) is 0 Å². The van der Waals surface area contributed by atoms with Gasteiger partial charge < -0.3 is 10.1 Å². The molecule has 0 aromatic carbocycles. The molecule has 1 rings (SSSR count). The van der Waals surface area contributed by atoms with Crippen molar-refractivity contribution in [2.45, 2.75) is 19.4 Å². The minimum absolute atomic E-state index is 0.457. The molecule has 3 nitrogen and oxygen atoms in total. The van der Waals surface area contributed by atoms with Crippen LogP contribution in [0.4, 0.5) is 5.82 Å². The van der Waals surface area contributed by atoms with Gasteiger partial charge in [0, 0.05) is 6.04 Å². The number of pyridine rings is 1. The second kappa shape index (κ2) is 6.56. The van der Waals surface area contributed by atoms with E-state index in [9.17, 15) is 0 Å². The number of methoxy groups -OCH3 is 1. The largest absolute Gasteiger partial charge is 0.495 e. The molecule has 1 aromatic rings. The molecule has 15 heavy (non-hydrogen) atoms. The minimum Gasteiger partial charge on any atom is -0.495 e. The third-order valence-electron chi connectivity index (χ3n) is 2.12. The van der Waals surface area contributed by atoms with Crippen LogP contribution < -0.4 is 10.1 Å². The molecule has 0 saturated heterocycles. The molecular formula is C11H18N2OS. The van der Waals surface area contributed by atoms with Crippen LogP contribution in [0.25, 0.3) is 0 Å². The standard InChI is InChI=1S/C11H18N2OS/c1-9(6-7-15-3)13-11-5-4-10(14-2)8-12-11/h4-5,8-9H,6-7H2,1-3H3,(H,12,13). The normalized spacial score (nSPS) is 12.2. The summed E-state index contributed by atoms with van der Waals surface area (Å²) in [7, 11) is 1.64. The number of thioether (sulfide) groups is 1. The van der Waals surface area contributed by atoms with Crippen LogP contribution in [0.3, 0.4) is 0 Å². The molecule has 0 saturated carbocycles. The van der Waals surface area contributed by atoms with Crippen LogP contribution in [-0.2, 0) is 0 Å². The van der Waals surface area contributed by atoms with Crippen LogP contribution in [0.5, 0.6) is 5.75 Å². The van der Waals surface area contributed by atoms with Crippen LogP contribution in [-0.4, -0.2) is 30.1 Å². The number of ether oxygens (including phenoxy) is 1. The van der Waals surface area contributed by atoms with Gasteiger partial charge in [0.2, 0.25) is 0 Å². The van der Waals surface area contributed by atoms with Crippen molar-refractivity contribution in [1.29, 1.82) is 0 Å². The van der Waals surface area contributed by atoms with Crippen LogP contribution in [0.15, 0.2) is 18.3 Å². The van der Waals surface area contributed by atoms with Gasteiger partial charge in [-0.15, -0.1) is 0 Å². The van der Waals surface area contributed by atoms with Gasteiger partial charge >= 0.3 is 0 Å².